The Morgan fingerprint density at radius 3 is 2.20 bits per heavy atom. The van der Waals surface area contributed by atoms with Crippen LogP contribution in [0.5, 0.6) is 11.5 Å². The van der Waals surface area contributed by atoms with Gasteiger partial charge in [0.1, 0.15) is 5.75 Å². The van der Waals surface area contributed by atoms with Gasteiger partial charge in [-0.3, -0.25) is 4.79 Å². The number of hydrogen-bond acceptors (Lipinski definition) is 2. The minimum absolute atomic E-state index is 0.197. The first kappa shape index (κ1) is 13.9. The number of carbonyl (C=O) groups excluding carboxylic acids is 1. The molecule has 2 aromatic rings. The molecular formula is C14H10F3NO2. The molecule has 1 amide bonds. The summed E-state index contributed by atoms with van der Waals surface area (Å²) >= 11 is 0. The van der Waals surface area contributed by atoms with E-state index in [0.29, 0.717) is 0 Å². The van der Waals surface area contributed by atoms with Gasteiger partial charge < -0.3 is 10.5 Å². The molecule has 3 nitrogen and oxygen atoms in total. The lowest BCUT2D eigenvalue weighted by Crippen LogP contribution is -2.17. The lowest BCUT2D eigenvalue weighted by Gasteiger charge is -2.13. The Morgan fingerprint density at radius 1 is 1.05 bits per heavy atom. The molecule has 2 N–H and O–H groups in total. The number of para-hydroxylation sites is 1. The second-order valence-electron chi connectivity index (χ2n) is 4.05. The summed E-state index contributed by atoms with van der Waals surface area (Å²) < 4.78 is 45.9. The van der Waals surface area contributed by atoms with E-state index >= 15 is 0 Å². The maximum atomic E-state index is 13.8. The van der Waals surface area contributed by atoms with Gasteiger partial charge in [0.2, 0.25) is 5.82 Å². The average molecular weight is 281 g/mol. The Morgan fingerprint density at radius 2 is 1.65 bits per heavy atom. The van der Waals surface area contributed by atoms with Gasteiger partial charge >= 0.3 is 0 Å². The topological polar surface area (TPSA) is 52.3 Å². The van der Waals surface area contributed by atoms with Gasteiger partial charge in [0, 0.05) is 5.56 Å². The Hall–Kier alpha value is -2.50. The fraction of sp³-hybridized carbons (Fsp3) is 0.0714. The first-order valence-corrected chi connectivity index (χ1v) is 5.63. The van der Waals surface area contributed by atoms with Crippen molar-refractivity contribution in [3.05, 3.63) is 58.9 Å². The molecule has 0 heterocycles. The maximum Gasteiger partial charge on any atom is 0.252 e. The van der Waals surface area contributed by atoms with E-state index < -0.39 is 34.7 Å². The van der Waals surface area contributed by atoms with Crippen LogP contribution in [0.4, 0.5) is 13.2 Å². The van der Waals surface area contributed by atoms with Gasteiger partial charge in [-0.25, -0.2) is 8.78 Å². The maximum absolute atomic E-state index is 13.8. The van der Waals surface area contributed by atoms with E-state index in [1.807, 2.05) is 0 Å². The monoisotopic (exact) mass is 281 g/mol. The largest absolute Gasteiger partial charge is 0.454 e. The first-order valence-electron chi connectivity index (χ1n) is 5.63. The third-order valence-electron chi connectivity index (χ3n) is 2.73. The summed E-state index contributed by atoms with van der Waals surface area (Å²) in [5, 5.41) is 0. The molecule has 0 aliphatic heterocycles. The summed E-state index contributed by atoms with van der Waals surface area (Å²) in [6.45, 7) is 1.23. The van der Waals surface area contributed by atoms with E-state index in [4.69, 9.17) is 10.5 Å². The van der Waals surface area contributed by atoms with Crippen molar-refractivity contribution >= 4 is 5.91 Å². The second kappa shape index (κ2) is 5.24. The molecule has 0 spiro atoms. The number of halogens is 3. The van der Waals surface area contributed by atoms with Gasteiger partial charge in [0.05, 0.1) is 5.56 Å². The Bertz CT molecular complexity index is 672. The fourth-order valence-corrected chi connectivity index (χ4v) is 1.77. The Kier molecular flexibility index (Phi) is 3.65. The number of rotatable bonds is 3. The highest BCUT2D eigenvalue weighted by Gasteiger charge is 2.26. The third-order valence-corrected chi connectivity index (χ3v) is 2.73. The Balaban J connectivity index is 2.61. The summed E-state index contributed by atoms with van der Waals surface area (Å²) in [6, 6.07) is 7.96. The number of nitrogens with two attached hydrogens (primary N) is 1. The summed E-state index contributed by atoms with van der Waals surface area (Å²) in [5.74, 6) is -6.46. The molecule has 2 aromatic carbocycles. The summed E-state index contributed by atoms with van der Waals surface area (Å²) in [5.41, 5.74) is 4.05. The van der Waals surface area contributed by atoms with Crippen molar-refractivity contribution in [3.8, 4) is 11.5 Å². The molecule has 20 heavy (non-hydrogen) atoms. The van der Waals surface area contributed by atoms with Crippen molar-refractivity contribution in [3.63, 3.8) is 0 Å². The lowest BCUT2D eigenvalue weighted by molar-refractivity contribution is 0.0994. The van der Waals surface area contributed by atoms with E-state index in [1.165, 1.54) is 19.1 Å². The molecule has 0 aliphatic carbocycles. The molecule has 0 saturated carbocycles. The van der Waals surface area contributed by atoms with Crippen LogP contribution in [0.25, 0.3) is 0 Å². The molecule has 6 heteroatoms. The van der Waals surface area contributed by atoms with Crippen molar-refractivity contribution in [2.45, 2.75) is 6.92 Å². The number of amides is 1. The van der Waals surface area contributed by atoms with E-state index in [9.17, 15) is 18.0 Å². The number of carbonyl (C=O) groups is 1. The van der Waals surface area contributed by atoms with Crippen molar-refractivity contribution in [1.29, 1.82) is 0 Å². The van der Waals surface area contributed by atoms with Crippen LogP contribution >= 0.6 is 0 Å². The zero-order chi connectivity index (χ0) is 14.9. The number of ether oxygens (including phenoxy) is 1. The van der Waals surface area contributed by atoms with Crippen molar-refractivity contribution in [1.82, 2.24) is 0 Å². The lowest BCUT2D eigenvalue weighted by atomic mass is 10.1. The van der Waals surface area contributed by atoms with E-state index in [1.54, 1.807) is 18.2 Å². The zero-order valence-electron chi connectivity index (χ0n) is 10.4. The molecule has 0 radical (unpaired) electrons. The average Bonchev–Trinajstić information content (AvgIpc) is 2.42. The molecule has 0 saturated heterocycles. The molecule has 0 aromatic heterocycles. The third kappa shape index (κ3) is 2.32. The van der Waals surface area contributed by atoms with Crippen molar-refractivity contribution in [2.24, 2.45) is 5.73 Å². The summed E-state index contributed by atoms with van der Waals surface area (Å²) in [7, 11) is 0. The fourth-order valence-electron chi connectivity index (χ4n) is 1.77. The predicted molar refractivity (Wildman–Crippen MR) is 66.1 cm³/mol. The SMILES string of the molecule is Cc1c(Oc2ccccc2)c(F)c(F)c(F)c1C(N)=O. The van der Waals surface area contributed by atoms with Gasteiger partial charge in [0.25, 0.3) is 5.91 Å². The van der Waals surface area contributed by atoms with Crippen molar-refractivity contribution < 1.29 is 22.7 Å². The van der Waals surface area contributed by atoms with Crippen LogP contribution in [0.15, 0.2) is 30.3 Å². The minimum Gasteiger partial charge on any atom is -0.454 e. The zero-order valence-corrected chi connectivity index (χ0v) is 10.4. The van der Waals surface area contributed by atoms with E-state index in [-0.39, 0.29) is 11.3 Å². The Labute approximate surface area is 112 Å². The van der Waals surface area contributed by atoms with E-state index in [0.717, 1.165) is 0 Å². The van der Waals surface area contributed by atoms with Gasteiger partial charge in [-0.1, -0.05) is 18.2 Å². The minimum atomic E-state index is -1.80. The number of benzene rings is 2. The first-order chi connectivity index (χ1) is 9.43. The molecule has 0 unspecified atom stereocenters. The molecular weight excluding hydrogens is 271 g/mol. The standard InChI is InChI=1S/C14H10F3NO2/c1-7-9(14(18)19)10(15)11(16)12(17)13(7)20-8-5-3-2-4-6-8/h2-6H,1H3,(H2,18,19). The molecule has 104 valence electrons. The smallest absolute Gasteiger partial charge is 0.252 e. The molecule has 2 rings (SSSR count). The highest BCUT2D eigenvalue weighted by molar-refractivity contribution is 5.95. The van der Waals surface area contributed by atoms with Crippen LogP contribution in [0, 0.1) is 24.4 Å². The molecule has 0 atom stereocenters. The summed E-state index contributed by atoms with van der Waals surface area (Å²) in [6.07, 6.45) is 0. The van der Waals surface area contributed by atoms with Crippen LogP contribution in [-0.4, -0.2) is 5.91 Å². The molecule has 0 bridgehead atoms. The number of primary amides is 1. The normalized spacial score (nSPS) is 10.4. The van der Waals surface area contributed by atoms with Crippen LogP contribution in [0.2, 0.25) is 0 Å². The quantitative estimate of drug-likeness (QED) is 0.877. The highest BCUT2D eigenvalue weighted by Crippen LogP contribution is 2.33. The number of hydrogen-bond donors (Lipinski definition) is 1. The molecule has 0 aliphatic rings. The summed E-state index contributed by atoms with van der Waals surface area (Å²) in [4.78, 5) is 11.1. The van der Waals surface area contributed by atoms with Crippen LogP contribution in [0.3, 0.4) is 0 Å². The van der Waals surface area contributed by atoms with Gasteiger partial charge in [0.15, 0.2) is 17.4 Å². The van der Waals surface area contributed by atoms with Crippen LogP contribution in [0.1, 0.15) is 15.9 Å². The van der Waals surface area contributed by atoms with E-state index in [2.05, 4.69) is 0 Å². The van der Waals surface area contributed by atoms with Crippen molar-refractivity contribution in [2.75, 3.05) is 0 Å². The second-order valence-corrected chi connectivity index (χ2v) is 4.05. The van der Waals surface area contributed by atoms with Gasteiger partial charge in [-0.2, -0.15) is 4.39 Å². The van der Waals surface area contributed by atoms with Gasteiger partial charge in [-0.15, -0.1) is 0 Å². The predicted octanol–water partition coefficient (Wildman–Crippen LogP) is 3.30. The van der Waals surface area contributed by atoms with Crippen LogP contribution in [-0.2, 0) is 0 Å². The highest BCUT2D eigenvalue weighted by atomic mass is 19.2. The van der Waals surface area contributed by atoms with Gasteiger partial charge in [-0.05, 0) is 19.1 Å². The molecule has 0 fully saturated rings. The van der Waals surface area contributed by atoms with Crippen LogP contribution < -0.4 is 10.5 Å².